The Morgan fingerprint density at radius 3 is 1.40 bits per heavy atom. The Hall–Kier alpha value is 0.880. The molecule has 10 heteroatoms. The predicted molar refractivity (Wildman–Crippen MR) is 80.5 cm³/mol. The van der Waals surface area contributed by atoms with Crippen LogP contribution in [0.3, 0.4) is 0 Å². The van der Waals surface area contributed by atoms with E-state index in [1.165, 1.54) is 13.8 Å². The van der Waals surface area contributed by atoms with E-state index in [0.717, 1.165) is 0 Å². The van der Waals surface area contributed by atoms with Gasteiger partial charge in [0.05, 0.1) is 18.3 Å². The highest BCUT2D eigenvalue weighted by atomic mass is 35.5. The highest BCUT2D eigenvalue weighted by Crippen LogP contribution is 2.80. The van der Waals surface area contributed by atoms with E-state index in [2.05, 4.69) is 0 Å². The lowest BCUT2D eigenvalue weighted by Crippen LogP contribution is -2.24. The van der Waals surface area contributed by atoms with Crippen molar-refractivity contribution >= 4 is 38.4 Å². The minimum Gasteiger partial charge on any atom is -0.322 e. The van der Waals surface area contributed by atoms with Gasteiger partial charge in [0, 0.05) is 0 Å². The van der Waals surface area contributed by atoms with Crippen molar-refractivity contribution in [2.75, 3.05) is 0 Å². The topological polar surface area (TPSA) is 82.1 Å². The highest BCUT2D eigenvalue weighted by molar-refractivity contribution is 7.79. The number of hydrogen-bond donors (Lipinski definition) is 1. The predicted octanol–water partition coefficient (Wildman–Crippen LogP) is 4.73. The van der Waals surface area contributed by atoms with Gasteiger partial charge in [0.1, 0.15) is 0 Å². The standard InChI is InChI=1S/C10H22Cl2O6P2/c1-7(2)16-19(13,14)10(11,12)20(15,17-8(3)4)18-9(5)6/h7-9H,1-6H3,(H,13,14). The molecule has 122 valence electrons. The fraction of sp³-hybridized carbons (Fsp3) is 1.00. The van der Waals surface area contributed by atoms with Gasteiger partial charge < -0.3 is 18.5 Å². The van der Waals surface area contributed by atoms with Crippen LogP contribution in [0, 0.1) is 0 Å². The van der Waals surface area contributed by atoms with Gasteiger partial charge in [-0.15, -0.1) is 0 Å². The summed E-state index contributed by atoms with van der Waals surface area (Å²) in [7, 11) is -8.99. The average molecular weight is 371 g/mol. The maximum atomic E-state index is 12.8. The molecule has 20 heavy (non-hydrogen) atoms. The van der Waals surface area contributed by atoms with Crippen LogP contribution in [0.5, 0.6) is 0 Å². The molecule has 0 aromatic heterocycles. The molecular weight excluding hydrogens is 349 g/mol. The monoisotopic (exact) mass is 370 g/mol. The molecule has 1 unspecified atom stereocenters. The van der Waals surface area contributed by atoms with Crippen molar-refractivity contribution in [3.8, 4) is 0 Å². The third kappa shape index (κ3) is 5.26. The molecule has 1 atom stereocenters. The molecule has 0 aliphatic carbocycles. The Morgan fingerprint density at radius 1 is 0.850 bits per heavy atom. The summed E-state index contributed by atoms with van der Waals surface area (Å²) in [4.78, 5) is 9.91. The lowest BCUT2D eigenvalue weighted by Gasteiger charge is -2.34. The highest BCUT2D eigenvalue weighted by Gasteiger charge is 2.64. The van der Waals surface area contributed by atoms with Crippen LogP contribution < -0.4 is 0 Å². The average Bonchev–Trinajstić information content (AvgIpc) is 2.11. The fourth-order valence-corrected chi connectivity index (χ4v) is 5.70. The van der Waals surface area contributed by atoms with Gasteiger partial charge in [-0.25, -0.2) is 0 Å². The molecule has 0 rings (SSSR count). The molecule has 0 aromatic carbocycles. The zero-order valence-electron chi connectivity index (χ0n) is 12.4. The van der Waals surface area contributed by atoms with Crippen LogP contribution in [0.1, 0.15) is 41.5 Å². The van der Waals surface area contributed by atoms with Crippen molar-refractivity contribution < 1.29 is 27.6 Å². The minimum atomic E-state index is -4.67. The van der Waals surface area contributed by atoms with Crippen molar-refractivity contribution in [3.63, 3.8) is 0 Å². The molecule has 0 bridgehead atoms. The summed E-state index contributed by atoms with van der Waals surface area (Å²) in [6.45, 7) is 9.34. The first-order chi connectivity index (χ1) is 8.75. The number of alkyl halides is 2. The van der Waals surface area contributed by atoms with E-state index in [-0.39, 0.29) is 0 Å². The Bertz CT molecular complexity index is 397. The molecule has 0 amide bonds. The fourth-order valence-electron chi connectivity index (χ4n) is 1.21. The molecule has 0 aliphatic rings. The summed E-state index contributed by atoms with van der Waals surface area (Å²) in [6.07, 6.45) is -1.79. The van der Waals surface area contributed by atoms with E-state index < -0.39 is 37.3 Å². The maximum Gasteiger partial charge on any atom is 0.379 e. The SMILES string of the molecule is CC(C)OP(=O)(O)C(Cl)(Cl)P(=O)(OC(C)C)OC(C)C. The van der Waals surface area contributed by atoms with Crippen LogP contribution in [-0.4, -0.2) is 27.0 Å². The first kappa shape index (κ1) is 20.9. The molecule has 0 aliphatic heterocycles. The summed E-state index contributed by atoms with van der Waals surface area (Å²) >= 11 is 11.8. The molecule has 6 nitrogen and oxygen atoms in total. The molecule has 0 radical (unpaired) electrons. The van der Waals surface area contributed by atoms with Crippen molar-refractivity contribution in [2.45, 2.75) is 63.7 Å². The molecule has 0 aromatic rings. The number of hydrogen-bond acceptors (Lipinski definition) is 5. The van der Waals surface area contributed by atoms with Gasteiger partial charge in [0.15, 0.2) is 0 Å². The van der Waals surface area contributed by atoms with Gasteiger partial charge in [-0.05, 0) is 41.5 Å². The lowest BCUT2D eigenvalue weighted by atomic mass is 10.5. The van der Waals surface area contributed by atoms with Gasteiger partial charge in [-0.1, -0.05) is 23.2 Å². The van der Waals surface area contributed by atoms with E-state index >= 15 is 0 Å². The second-order valence-corrected chi connectivity index (χ2v) is 11.7. The molecule has 0 fully saturated rings. The van der Waals surface area contributed by atoms with Gasteiger partial charge in [-0.3, -0.25) is 9.13 Å². The van der Waals surface area contributed by atoms with Crippen LogP contribution in [-0.2, 0) is 22.7 Å². The third-order valence-electron chi connectivity index (χ3n) is 1.72. The van der Waals surface area contributed by atoms with Gasteiger partial charge in [-0.2, -0.15) is 0 Å². The molecule has 1 N–H and O–H groups in total. The largest absolute Gasteiger partial charge is 0.379 e. The number of halogens is 2. The smallest absolute Gasteiger partial charge is 0.322 e. The van der Waals surface area contributed by atoms with E-state index in [1.54, 1.807) is 27.7 Å². The Kier molecular flexibility index (Phi) is 7.76. The lowest BCUT2D eigenvalue weighted by molar-refractivity contribution is 0.138. The summed E-state index contributed by atoms with van der Waals surface area (Å²) in [6, 6.07) is 0. The van der Waals surface area contributed by atoms with Crippen LogP contribution in [0.25, 0.3) is 0 Å². The second-order valence-electron chi connectivity index (χ2n) is 4.99. The summed E-state index contributed by atoms with van der Waals surface area (Å²) in [5.41, 5.74) is 0. The van der Waals surface area contributed by atoms with E-state index in [0.29, 0.717) is 0 Å². The third-order valence-corrected chi connectivity index (χ3v) is 9.18. The van der Waals surface area contributed by atoms with Crippen LogP contribution in [0.4, 0.5) is 0 Å². The van der Waals surface area contributed by atoms with Gasteiger partial charge >= 0.3 is 19.0 Å². The maximum absolute atomic E-state index is 12.8. The summed E-state index contributed by atoms with van der Waals surface area (Å²) in [5.74, 6) is 0. The zero-order valence-corrected chi connectivity index (χ0v) is 15.7. The molecule has 0 heterocycles. The Morgan fingerprint density at radius 2 is 1.15 bits per heavy atom. The van der Waals surface area contributed by atoms with Crippen molar-refractivity contribution in [1.82, 2.24) is 0 Å². The van der Waals surface area contributed by atoms with E-state index in [4.69, 9.17) is 36.8 Å². The van der Waals surface area contributed by atoms with Crippen LogP contribution in [0.2, 0.25) is 0 Å². The molecule has 0 saturated heterocycles. The normalized spacial score (nSPS) is 17.0. The number of rotatable bonds is 8. The van der Waals surface area contributed by atoms with Crippen molar-refractivity contribution in [2.24, 2.45) is 0 Å². The first-order valence-corrected chi connectivity index (χ1v) is 9.99. The van der Waals surface area contributed by atoms with Crippen LogP contribution >= 0.6 is 38.4 Å². The molecule has 0 spiro atoms. The summed E-state index contributed by atoms with van der Waals surface area (Å²) in [5, 5.41) is 0. The van der Waals surface area contributed by atoms with Crippen molar-refractivity contribution in [3.05, 3.63) is 0 Å². The quantitative estimate of drug-likeness (QED) is 0.491. The minimum absolute atomic E-state index is 0.574. The molecule has 0 saturated carbocycles. The second kappa shape index (κ2) is 7.43. The van der Waals surface area contributed by atoms with Gasteiger partial charge in [0.2, 0.25) is 0 Å². The zero-order chi connectivity index (χ0) is 16.4. The van der Waals surface area contributed by atoms with Crippen molar-refractivity contribution in [1.29, 1.82) is 0 Å². The van der Waals surface area contributed by atoms with Crippen LogP contribution in [0.15, 0.2) is 0 Å². The van der Waals surface area contributed by atoms with E-state index in [9.17, 15) is 14.0 Å². The Labute approximate surface area is 130 Å². The Balaban J connectivity index is 5.65. The molecular formula is C10H22Cl2O6P2. The first-order valence-electron chi connectivity index (χ1n) is 6.11. The van der Waals surface area contributed by atoms with Gasteiger partial charge in [0.25, 0.3) is 0 Å². The summed E-state index contributed by atoms with van der Waals surface area (Å²) < 4.78 is 37.4. The van der Waals surface area contributed by atoms with E-state index in [1.807, 2.05) is 0 Å².